The Morgan fingerprint density at radius 2 is 2.04 bits per heavy atom. The van der Waals surface area contributed by atoms with Crippen LogP contribution in [-0.4, -0.2) is 31.7 Å². The molecule has 3 heterocycles. The molecule has 5 heteroatoms. The summed E-state index contributed by atoms with van der Waals surface area (Å²) in [6, 6.07) is 4.33. The molecule has 130 valence electrons. The molecule has 0 bridgehead atoms. The van der Waals surface area contributed by atoms with Gasteiger partial charge in [0.2, 0.25) is 0 Å². The second kappa shape index (κ2) is 6.11. The molecule has 0 aromatic carbocycles. The molecule has 2 aromatic rings. The molecule has 1 fully saturated rings. The number of carbonyl (C=O) groups is 1. The Labute approximate surface area is 144 Å². The number of hydrogen-bond donors (Lipinski definition) is 0. The molecule has 0 aliphatic carbocycles. The van der Waals surface area contributed by atoms with E-state index in [0.717, 1.165) is 30.6 Å². The first-order valence-electron chi connectivity index (χ1n) is 8.78. The maximum Gasteiger partial charge on any atom is 0.257 e. The van der Waals surface area contributed by atoms with Gasteiger partial charge in [0.05, 0.1) is 22.8 Å². The van der Waals surface area contributed by atoms with Crippen LogP contribution in [0.15, 0.2) is 24.5 Å². The quantitative estimate of drug-likeness (QED) is 0.844. The minimum absolute atomic E-state index is 0.105. The Bertz CT molecular complexity index is 735. The van der Waals surface area contributed by atoms with E-state index in [9.17, 15) is 4.79 Å². The minimum atomic E-state index is -0.122. The molecule has 1 saturated heterocycles. The zero-order valence-electron chi connectivity index (χ0n) is 15.4. The topological polar surface area (TPSA) is 43.1 Å². The smallest absolute Gasteiger partial charge is 0.257 e. The van der Waals surface area contributed by atoms with Crippen LogP contribution in [-0.2, 0) is 12.6 Å². The van der Waals surface area contributed by atoms with Gasteiger partial charge in [0.15, 0.2) is 0 Å². The maximum absolute atomic E-state index is 13.2. The molecule has 0 radical (unpaired) electrons. The van der Waals surface area contributed by atoms with Crippen molar-refractivity contribution in [2.75, 3.05) is 6.54 Å². The fourth-order valence-electron chi connectivity index (χ4n) is 3.47. The van der Waals surface area contributed by atoms with Crippen LogP contribution in [0.3, 0.4) is 0 Å². The Kier molecular flexibility index (Phi) is 4.28. The van der Waals surface area contributed by atoms with Gasteiger partial charge in [-0.05, 0) is 59.1 Å². The van der Waals surface area contributed by atoms with Gasteiger partial charge >= 0.3 is 0 Å². The number of rotatable bonds is 2. The summed E-state index contributed by atoms with van der Waals surface area (Å²) in [7, 11) is 2.05. The molecule has 1 aliphatic rings. The molecule has 24 heavy (non-hydrogen) atoms. The van der Waals surface area contributed by atoms with Crippen molar-refractivity contribution in [1.29, 1.82) is 0 Å². The first kappa shape index (κ1) is 16.8. The number of amides is 1. The van der Waals surface area contributed by atoms with E-state index in [1.165, 1.54) is 12.1 Å². The zero-order chi connectivity index (χ0) is 17.5. The van der Waals surface area contributed by atoms with E-state index in [1.54, 1.807) is 0 Å². The van der Waals surface area contributed by atoms with Crippen LogP contribution in [0, 0.1) is 6.92 Å². The summed E-state index contributed by atoms with van der Waals surface area (Å²) in [6.45, 7) is 9.04. The Balaban J connectivity index is 1.93. The molecule has 3 rings (SSSR count). The molecule has 0 saturated carbocycles. The van der Waals surface area contributed by atoms with Crippen LogP contribution >= 0.6 is 0 Å². The monoisotopic (exact) mass is 328 g/mol. The van der Waals surface area contributed by atoms with E-state index in [-0.39, 0.29) is 17.5 Å². The summed E-state index contributed by atoms with van der Waals surface area (Å²) in [4.78, 5) is 15.3. The zero-order valence-corrected chi connectivity index (χ0v) is 15.4. The van der Waals surface area contributed by atoms with Crippen LogP contribution in [0.2, 0.25) is 0 Å². The summed E-state index contributed by atoms with van der Waals surface area (Å²) in [5.74, 6) is 0.105. The van der Waals surface area contributed by atoms with Gasteiger partial charge in [-0.3, -0.25) is 9.48 Å². The van der Waals surface area contributed by atoms with E-state index < -0.39 is 0 Å². The third-order valence-corrected chi connectivity index (χ3v) is 4.91. The normalized spacial score (nSPS) is 18.9. The van der Waals surface area contributed by atoms with Crippen molar-refractivity contribution in [2.24, 2.45) is 7.05 Å². The van der Waals surface area contributed by atoms with E-state index in [2.05, 4.69) is 55.8 Å². The van der Waals surface area contributed by atoms with Crippen LogP contribution in [0.1, 0.15) is 67.8 Å². The number of aryl methyl sites for hydroxylation is 2. The van der Waals surface area contributed by atoms with Crippen LogP contribution in [0.4, 0.5) is 0 Å². The van der Waals surface area contributed by atoms with Crippen molar-refractivity contribution >= 4 is 5.91 Å². The van der Waals surface area contributed by atoms with Crippen molar-refractivity contribution < 1.29 is 4.79 Å². The molecule has 0 unspecified atom stereocenters. The third kappa shape index (κ3) is 2.99. The van der Waals surface area contributed by atoms with Crippen molar-refractivity contribution in [1.82, 2.24) is 19.2 Å². The van der Waals surface area contributed by atoms with Crippen molar-refractivity contribution in [2.45, 2.75) is 58.5 Å². The molecular weight excluding hydrogens is 300 g/mol. The van der Waals surface area contributed by atoms with E-state index >= 15 is 0 Å². The lowest BCUT2D eigenvalue weighted by atomic mass is 9.98. The van der Waals surface area contributed by atoms with Gasteiger partial charge in [-0.1, -0.05) is 0 Å². The lowest BCUT2D eigenvalue weighted by Crippen LogP contribution is -2.39. The highest BCUT2D eigenvalue weighted by Crippen LogP contribution is 2.32. The fraction of sp³-hybridized carbons (Fsp3) is 0.579. The molecule has 1 aliphatic heterocycles. The summed E-state index contributed by atoms with van der Waals surface area (Å²) < 4.78 is 4.03. The van der Waals surface area contributed by atoms with Gasteiger partial charge in [-0.2, -0.15) is 5.10 Å². The summed E-state index contributed by atoms with van der Waals surface area (Å²) in [5, 5.41) is 4.57. The second-order valence-electron chi connectivity index (χ2n) is 7.80. The Morgan fingerprint density at radius 1 is 1.29 bits per heavy atom. The molecule has 5 nitrogen and oxygen atoms in total. The molecular formula is C19H28N4O. The second-order valence-corrected chi connectivity index (χ2v) is 7.80. The van der Waals surface area contributed by atoms with Crippen LogP contribution in [0.5, 0.6) is 0 Å². The lowest BCUT2D eigenvalue weighted by molar-refractivity contribution is 0.0601. The third-order valence-electron chi connectivity index (χ3n) is 4.91. The van der Waals surface area contributed by atoms with Gasteiger partial charge < -0.3 is 9.47 Å². The Morgan fingerprint density at radius 3 is 2.62 bits per heavy atom. The number of nitrogens with zero attached hydrogens (tertiary/aromatic N) is 4. The van der Waals surface area contributed by atoms with E-state index in [1.807, 2.05) is 22.7 Å². The predicted octanol–water partition coefficient (Wildman–Crippen LogP) is 3.65. The minimum Gasteiger partial charge on any atom is -0.353 e. The SMILES string of the molecule is Cc1nn(C(C)(C)C)cc1C(=O)N1CCCC[C@@H]1c1cccn1C. The molecule has 0 N–H and O–H groups in total. The molecule has 1 amide bonds. The number of likely N-dealkylation sites (tertiary alicyclic amines) is 1. The lowest BCUT2D eigenvalue weighted by Gasteiger charge is -2.36. The average molecular weight is 328 g/mol. The summed E-state index contributed by atoms with van der Waals surface area (Å²) >= 11 is 0. The number of piperidine rings is 1. The first-order valence-corrected chi connectivity index (χ1v) is 8.78. The molecule has 2 aromatic heterocycles. The van der Waals surface area contributed by atoms with Crippen LogP contribution in [0.25, 0.3) is 0 Å². The van der Waals surface area contributed by atoms with Gasteiger partial charge in [0, 0.05) is 31.7 Å². The highest BCUT2D eigenvalue weighted by atomic mass is 16.2. The van der Waals surface area contributed by atoms with Gasteiger partial charge in [0.25, 0.3) is 5.91 Å². The summed E-state index contributed by atoms with van der Waals surface area (Å²) in [5.41, 5.74) is 2.63. The Hall–Kier alpha value is -2.04. The standard InChI is InChI=1S/C19H28N4O/c1-14-15(13-23(20-14)19(2,3)4)18(24)22-12-7-6-9-17(22)16-10-8-11-21(16)5/h8,10-11,13,17H,6-7,9,12H2,1-5H3/t17-/m1/s1. The van der Waals surface area contributed by atoms with E-state index in [4.69, 9.17) is 0 Å². The summed E-state index contributed by atoms with van der Waals surface area (Å²) in [6.07, 6.45) is 7.22. The number of hydrogen-bond acceptors (Lipinski definition) is 2. The van der Waals surface area contributed by atoms with Gasteiger partial charge in [0.1, 0.15) is 0 Å². The maximum atomic E-state index is 13.2. The van der Waals surface area contributed by atoms with E-state index in [0.29, 0.717) is 0 Å². The molecule has 1 atom stereocenters. The largest absolute Gasteiger partial charge is 0.353 e. The fourth-order valence-corrected chi connectivity index (χ4v) is 3.47. The highest BCUT2D eigenvalue weighted by Gasteiger charge is 2.32. The van der Waals surface area contributed by atoms with Gasteiger partial charge in [-0.25, -0.2) is 0 Å². The van der Waals surface area contributed by atoms with Gasteiger partial charge in [-0.15, -0.1) is 0 Å². The number of aromatic nitrogens is 3. The highest BCUT2D eigenvalue weighted by molar-refractivity contribution is 5.95. The predicted molar refractivity (Wildman–Crippen MR) is 95.0 cm³/mol. The van der Waals surface area contributed by atoms with Crippen molar-refractivity contribution in [3.8, 4) is 0 Å². The van der Waals surface area contributed by atoms with Crippen LogP contribution < -0.4 is 0 Å². The number of carbonyl (C=O) groups excluding carboxylic acids is 1. The van der Waals surface area contributed by atoms with Crippen molar-refractivity contribution in [3.63, 3.8) is 0 Å². The first-order chi connectivity index (χ1) is 11.3. The average Bonchev–Trinajstić information content (AvgIpc) is 3.12. The molecule has 0 spiro atoms. The van der Waals surface area contributed by atoms with Crippen molar-refractivity contribution in [3.05, 3.63) is 41.5 Å².